The summed E-state index contributed by atoms with van der Waals surface area (Å²) in [4.78, 5) is 34.2. The smallest absolute Gasteiger partial charge is 0.326 e. The zero-order valence-corrected chi connectivity index (χ0v) is 15.8. The van der Waals surface area contributed by atoms with Gasteiger partial charge in [-0.15, -0.1) is 0 Å². The van der Waals surface area contributed by atoms with E-state index < -0.39 is 18.1 Å². The van der Waals surface area contributed by atoms with Crippen molar-refractivity contribution >= 4 is 42.2 Å². The number of hydrogen-bond acceptors (Lipinski definition) is 6. The van der Waals surface area contributed by atoms with E-state index in [9.17, 15) is 14.4 Å². The molecule has 0 radical (unpaired) electrons. The molecule has 0 unspecified atom stereocenters. The highest BCUT2D eigenvalue weighted by Crippen LogP contribution is 2.05. The van der Waals surface area contributed by atoms with Crippen LogP contribution in [0.25, 0.3) is 0 Å². The van der Waals surface area contributed by atoms with Crippen LogP contribution in [0.2, 0.25) is 0 Å². The van der Waals surface area contributed by atoms with Gasteiger partial charge in [0.2, 0.25) is 11.8 Å². The van der Waals surface area contributed by atoms with Crippen LogP contribution in [0.15, 0.2) is 0 Å². The lowest BCUT2D eigenvalue weighted by atomic mass is 10.1. The summed E-state index contributed by atoms with van der Waals surface area (Å²) in [6.45, 7) is 0.558. The third-order valence-electron chi connectivity index (χ3n) is 3.41. The zero-order chi connectivity index (χ0) is 18.4. The summed E-state index contributed by atoms with van der Waals surface area (Å²) >= 11 is 5.51. The molecular weight excluding hydrogens is 350 g/mol. The molecule has 5 N–H and O–H groups in total. The van der Waals surface area contributed by atoms with Gasteiger partial charge in [-0.1, -0.05) is 12.8 Å². The molecule has 0 bridgehead atoms. The molecule has 0 spiro atoms. The van der Waals surface area contributed by atoms with Crippen LogP contribution in [0.4, 0.5) is 0 Å². The Morgan fingerprint density at radius 2 is 1.88 bits per heavy atom. The molecule has 0 saturated carbocycles. The van der Waals surface area contributed by atoms with E-state index in [1.54, 1.807) is 11.8 Å². The minimum Gasteiger partial charge on any atom is -0.480 e. The number of rotatable bonds is 14. The first kappa shape index (κ1) is 23.1. The van der Waals surface area contributed by atoms with Crippen molar-refractivity contribution in [2.75, 3.05) is 24.3 Å². The molecule has 0 aromatic heterocycles. The summed E-state index contributed by atoms with van der Waals surface area (Å²) in [6.07, 6.45) is 5.90. The molecule has 0 rings (SSSR count). The lowest BCUT2D eigenvalue weighted by Gasteiger charge is -2.13. The van der Waals surface area contributed by atoms with Gasteiger partial charge in [-0.2, -0.15) is 24.4 Å². The average Bonchev–Trinajstić information content (AvgIpc) is 2.56. The second kappa shape index (κ2) is 14.4. The van der Waals surface area contributed by atoms with E-state index in [0.29, 0.717) is 37.3 Å². The Hall–Kier alpha value is -0.930. The summed E-state index contributed by atoms with van der Waals surface area (Å²) in [5.74, 6) is -0.409. The maximum atomic E-state index is 11.7. The van der Waals surface area contributed by atoms with E-state index in [4.69, 9.17) is 10.8 Å². The SMILES string of the molecule is CSCC[C@H](NC(=O)CCCCCCNC(=O)[C@@H](N)CS)C(=O)O. The second-order valence-electron chi connectivity index (χ2n) is 5.48. The maximum absolute atomic E-state index is 11.7. The Balaban J connectivity index is 3.71. The molecule has 2 atom stereocenters. The van der Waals surface area contributed by atoms with Gasteiger partial charge >= 0.3 is 5.97 Å². The van der Waals surface area contributed by atoms with Gasteiger partial charge in [0.25, 0.3) is 0 Å². The van der Waals surface area contributed by atoms with Crippen LogP contribution in [-0.2, 0) is 14.4 Å². The predicted octanol–water partition coefficient (Wildman–Crippen LogP) is 0.633. The number of thioether (sulfide) groups is 1. The average molecular weight is 380 g/mol. The molecular formula is C15H29N3O4S2. The Labute approximate surface area is 153 Å². The number of carboxylic acids is 1. The first-order valence-electron chi connectivity index (χ1n) is 8.07. The zero-order valence-electron chi connectivity index (χ0n) is 14.1. The maximum Gasteiger partial charge on any atom is 0.326 e. The molecule has 0 aliphatic carbocycles. The fraction of sp³-hybridized carbons (Fsp3) is 0.800. The molecule has 24 heavy (non-hydrogen) atoms. The fourth-order valence-electron chi connectivity index (χ4n) is 1.95. The summed E-state index contributed by atoms with van der Waals surface area (Å²) in [5.41, 5.74) is 5.53. The van der Waals surface area contributed by atoms with Crippen LogP contribution >= 0.6 is 24.4 Å². The number of carboxylic acid groups (broad SMARTS) is 1. The standard InChI is InChI=1S/C15H29N3O4S2/c1-24-9-7-12(15(21)22)18-13(19)6-4-2-3-5-8-17-14(20)11(16)10-23/h11-12,23H,2-10,16H2,1H3,(H,17,20)(H,18,19)(H,21,22)/t11-,12-/m0/s1. The van der Waals surface area contributed by atoms with E-state index in [-0.39, 0.29) is 11.8 Å². The Kier molecular flexibility index (Phi) is 13.9. The number of nitrogens with one attached hydrogen (secondary N) is 2. The van der Waals surface area contributed by atoms with Crippen molar-refractivity contribution < 1.29 is 19.5 Å². The predicted molar refractivity (Wildman–Crippen MR) is 100 cm³/mol. The van der Waals surface area contributed by atoms with Crippen molar-refractivity contribution in [3.63, 3.8) is 0 Å². The van der Waals surface area contributed by atoms with Gasteiger partial charge in [0.15, 0.2) is 0 Å². The van der Waals surface area contributed by atoms with E-state index >= 15 is 0 Å². The monoisotopic (exact) mass is 379 g/mol. The summed E-state index contributed by atoms with van der Waals surface area (Å²) < 4.78 is 0. The molecule has 0 aromatic rings. The number of amides is 2. The van der Waals surface area contributed by atoms with Gasteiger partial charge in [-0.25, -0.2) is 4.79 Å². The fourth-order valence-corrected chi connectivity index (χ4v) is 2.59. The lowest BCUT2D eigenvalue weighted by molar-refractivity contribution is -0.141. The van der Waals surface area contributed by atoms with Crippen molar-refractivity contribution in [1.82, 2.24) is 10.6 Å². The molecule has 9 heteroatoms. The van der Waals surface area contributed by atoms with Crippen LogP contribution in [0.1, 0.15) is 38.5 Å². The van der Waals surface area contributed by atoms with Gasteiger partial charge in [-0.3, -0.25) is 9.59 Å². The number of unbranched alkanes of at least 4 members (excludes halogenated alkanes) is 3. The largest absolute Gasteiger partial charge is 0.480 e. The molecule has 0 fully saturated rings. The van der Waals surface area contributed by atoms with Crippen LogP contribution in [0.5, 0.6) is 0 Å². The van der Waals surface area contributed by atoms with Crippen molar-refractivity contribution in [3.05, 3.63) is 0 Å². The summed E-state index contributed by atoms with van der Waals surface area (Å²) in [7, 11) is 0. The second-order valence-corrected chi connectivity index (χ2v) is 6.83. The van der Waals surface area contributed by atoms with E-state index in [0.717, 1.165) is 19.3 Å². The first-order valence-corrected chi connectivity index (χ1v) is 10.1. The molecule has 140 valence electrons. The third-order valence-corrected chi connectivity index (χ3v) is 4.44. The van der Waals surface area contributed by atoms with Crippen molar-refractivity contribution in [3.8, 4) is 0 Å². The highest BCUT2D eigenvalue weighted by molar-refractivity contribution is 7.98. The normalized spacial score (nSPS) is 13.1. The van der Waals surface area contributed by atoms with Gasteiger partial charge in [0, 0.05) is 18.7 Å². The van der Waals surface area contributed by atoms with Gasteiger partial charge in [-0.05, 0) is 31.3 Å². The van der Waals surface area contributed by atoms with E-state index in [2.05, 4.69) is 23.3 Å². The van der Waals surface area contributed by atoms with Crippen molar-refractivity contribution in [1.29, 1.82) is 0 Å². The minimum absolute atomic E-state index is 0.200. The molecule has 7 nitrogen and oxygen atoms in total. The number of carbonyl (C=O) groups excluding carboxylic acids is 2. The molecule has 0 aliphatic rings. The summed E-state index contributed by atoms with van der Waals surface area (Å²) in [5, 5.41) is 14.3. The summed E-state index contributed by atoms with van der Waals surface area (Å²) in [6, 6.07) is -1.39. The lowest BCUT2D eigenvalue weighted by Crippen LogP contribution is -2.42. The van der Waals surface area contributed by atoms with Crippen LogP contribution in [0.3, 0.4) is 0 Å². The van der Waals surface area contributed by atoms with Crippen LogP contribution in [0, 0.1) is 0 Å². The third kappa shape index (κ3) is 11.6. The Bertz CT molecular complexity index is 397. The number of aliphatic carboxylic acids is 1. The number of hydrogen-bond donors (Lipinski definition) is 5. The molecule has 2 amide bonds. The molecule has 0 aliphatic heterocycles. The minimum atomic E-state index is -0.993. The number of thiol groups is 1. The van der Waals surface area contributed by atoms with E-state index in [1.165, 1.54) is 0 Å². The van der Waals surface area contributed by atoms with Crippen LogP contribution < -0.4 is 16.4 Å². The highest BCUT2D eigenvalue weighted by Gasteiger charge is 2.18. The topological polar surface area (TPSA) is 122 Å². The quantitative estimate of drug-likeness (QED) is 0.223. The van der Waals surface area contributed by atoms with Crippen LogP contribution in [-0.4, -0.2) is 59.3 Å². The number of nitrogens with two attached hydrogens (primary N) is 1. The Morgan fingerprint density at radius 3 is 2.46 bits per heavy atom. The van der Waals surface area contributed by atoms with Crippen molar-refractivity contribution in [2.45, 2.75) is 50.6 Å². The van der Waals surface area contributed by atoms with Crippen molar-refractivity contribution in [2.24, 2.45) is 5.73 Å². The highest BCUT2D eigenvalue weighted by atomic mass is 32.2. The molecule has 0 saturated heterocycles. The van der Waals surface area contributed by atoms with Gasteiger partial charge in [0.05, 0.1) is 6.04 Å². The molecule has 0 heterocycles. The molecule has 0 aromatic carbocycles. The number of carbonyl (C=O) groups is 3. The first-order chi connectivity index (χ1) is 11.4. The van der Waals surface area contributed by atoms with Gasteiger partial charge in [0.1, 0.15) is 6.04 Å². The van der Waals surface area contributed by atoms with Gasteiger partial charge < -0.3 is 21.5 Å². The van der Waals surface area contributed by atoms with E-state index in [1.807, 2.05) is 6.26 Å². The Morgan fingerprint density at radius 1 is 1.21 bits per heavy atom.